The molecule has 16 heavy (non-hydrogen) atoms. The lowest BCUT2D eigenvalue weighted by Gasteiger charge is -2.27. The zero-order valence-corrected chi connectivity index (χ0v) is 11.2. The van der Waals surface area contributed by atoms with Crippen LogP contribution < -0.4 is 0 Å². The number of benzene rings is 1. The maximum Gasteiger partial charge on any atom is 0.0955 e. The quantitative estimate of drug-likeness (QED) is 0.599. The minimum Gasteiger partial charge on any atom is -0.109 e. The highest BCUT2D eigenvalue weighted by atomic mass is 35.5. The van der Waals surface area contributed by atoms with Gasteiger partial charge in [0.2, 0.25) is 0 Å². The van der Waals surface area contributed by atoms with Gasteiger partial charge >= 0.3 is 0 Å². The number of hydrogen-bond acceptors (Lipinski definition) is 0. The highest BCUT2D eigenvalue weighted by Gasteiger charge is 2.33. The van der Waals surface area contributed by atoms with Gasteiger partial charge in [0.1, 0.15) is 0 Å². The van der Waals surface area contributed by atoms with Gasteiger partial charge < -0.3 is 0 Å². The molecule has 0 N–H and O–H groups in total. The van der Waals surface area contributed by atoms with E-state index in [1.165, 1.54) is 0 Å². The van der Waals surface area contributed by atoms with Crippen molar-refractivity contribution in [3.63, 3.8) is 0 Å². The van der Waals surface area contributed by atoms with E-state index in [0.29, 0.717) is 27.1 Å². The molecule has 0 heterocycles. The van der Waals surface area contributed by atoms with Crippen LogP contribution in [0.5, 0.6) is 0 Å². The minimum absolute atomic E-state index is 0.496. The molecule has 1 unspecified atom stereocenters. The van der Waals surface area contributed by atoms with Crippen molar-refractivity contribution in [3.05, 3.63) is 57.1 Å². The van der Waals surface area contributed by atoms with E-state index in [-0.39, 0.29) is 0 Å². The van der Waals surface area contributed by atoms with Crippen molar-refractivity contribution >= 4 is 46.4 Å². The Bertz CT molecular complexity index is 456. The number of alkyl halides is 1. The van der Waals surface area contributed by atoms with Crippen molar-refractivity contribution in [1.82, 2.24) is 0 Å². The van der Waals surface area contributed by atoms with Crippen molar-refractivity contribution in [2.45, 2.75) is 11.3 Å². The predicted octanol–water partition coefficient (Wildman–Crippen LogP) is 5.51. The molecular weight excluding hydrogens is 286 g/mol. The molecule has 2 rings (SSSR count). The van der Waals surface area contributed by atoms with Gasteiger partial charge in [0.05, 0.1) is 4.87 Å². The van der Waals surface area contributed by atoms with Crippen molar-refractivity contribution in [2.75, 3.05) is 0 Å². The van der Waals surface area contributed by atoms with E-state index < -0.39 is 4.87 Å². The third kappa shape index (κ3) is 2.26. The summed E-state index contributed by atoms with van der Waals surface area (Å²) in [7, 11) is 0. The average molecular weight is 294 g/mol. The van der Waals surface area contributed by atoms with Crippen LogP contribution in [0.15, 0.2) is 41.5 Å². The molecule has 0 aromatic heterocycles. The lowest BCUT2D eigenvalue weighted by Crippen LogP contribution is -2.18. The van der Waals surface area contributed by atoms with E-state index >= 15 is 0 Å². The normalized spacial score (nSPS) is 24.4. The fraction of sp³-hybridized carbons (Fsp3) is 0.167. The molecule has 4 heteroatoms. The van der Waals surface area contributed by atoms with Crippen LogP contribution in [0.1, 0.15) is 12.0 Å². The van der Waals surface area contributed by atoms with Crippen LogP contribution in [0, 0.1) is 0 Å². The van der Waals surface area contributed by atoms with Gasteiger partial charge in [0.15, 0.2) is 0 Å². The average Bonchev–Trinajstić information content (AvgIpc) is 2.16. The molecule has 1 atom stereocenters. The van der Waals surface area contributed by atoms with E-state index in [9.17, 15) is 0 Å². The number of halogens is 4. The number of allylic oxidation sites excluding steroid dienone is 4. The van der Waals surface area contributed by atoms with Crippen LogP contribution in [0.25, 0.3) is 0 Å². The van der Waals surface area contributed by atoms with Crippen molar-refractivity contribution in [2.24, 2.45) is 0 Å². The molecule has 1 aliphatic rings. The Hall–Kier alpha value is -0.140. The lowest BCUT2D eigenvalue weighted by atomic mass is 9.91. The van der Waals surface area contributed by atoms with Crippen molar-refractivity contribution in [1.29, 1.82) is 0 Å². The Labute approximate surface area is 114 Å². The topological polar surface area (TPSA) is 0 Å². The standard InChI is InChI=1S/C12H8Cl4/c13-8-3-2-6-12(16,7-8)11-9(14)4-1-5-10(11)15/h1-6H,7H2. The highest BCUT2D eigenvalue weighted by Crippen LogP contribution is 2.46. The van der Waals surface area contributed by atoms with E-state index in [1.54, 1.807) is 18.2 Å². The maximum atomic E-state index is 6.52. The second kappa shape index (κ2) is 4.62. The molecule has 0 fully saturated rings. The summed E-state index contributed by atoms with van der Waals surface area (Å²) in [6.07, 6.45) is 5.98. The third-order valence-electron chi connectivity index (χ3n) is 2.44. The van der Waals surface area contributed by atoms with Gasteiger partial charge in [-0.15, -0.1) is 11.6 Å². The first kappa shape index (κ1) is 12.3. The molecule has 1 aromatic carbocycles. The number of hydrogen-bond donors (Lipinski definition) is 0. The van der Waals surface area contributed by atoms with Crippen LogP contribution in [0.3, 0.4) is 0 Å². The van der Waals surface area contributed by atoms with Crippen LogP contribution >= 0.6 is 46.4 Å². The molecule has 0 radical (unpaired) electrons. The number of rotatable bonds is 1. The van der Waals surface area contributed by atoms with Gasteiger partial charge in [-0.2, -0.15) is 0 Å². The Kier molecular flexibility index (Phi) is 3.56. The molecule has 1 aliphatic carbocycles. The van der Waals surface area contributed by atoms with Gasteiger partial charge in [-0.05, 0) is 18.2 Å². The van der Waals surface area contributed by atoms with Gasteiger partial charge in [-0.25, -0.2) is 0 Å². The first-order valence-electron chi connectivity index (χ1n) is 4.70. The highest BCUT2D eigenvalue weighted by molar-refractivity contribution is 6.39. The molecule has 0 saturated heterocycles. The predicted molar refractivity (Wildman–Crippen MR) is 71.7 cm³/mol. The summed E-state index contributed by atoms with van der Waals surface area (Å²) in [6.45, 7) is 0. The van der Waals surface area contributed by atoms with Crippen LogP contribution in [0.2, 0.25) is 10.0 Å². The van der Waals surface area contributed by atoms with E-state index in [4.69, 9.17) is 46.4 Å². The molecular formula is C12H8Cl4. The molecule has 0 saturated carbocycles. The Morgan fingerprint density at radius 2 is 1.69 bits per heavy atom. The van der Waals surface area contributed by atoms with Crippen LogP contribution in [-0.4, -0.2) is 0 Å². The molecule has 84 valence electrons. The van der Waals surface area contributed by atoms with Gasteiger partial charge in [0, 0.05) is 27.1 Å². The van der Waals surface area contributed by atoms with Crippen molar-refractivity contribution < 1.29 is 0 Å². The summed E-state index contributed by atoms with van der Waals surface area (Å²) in [5, 5.41) is 1.80. The Balaban J connectivity index is 2.53. The zero-order valence-electron chi connectivity index (χ0n) is 8.18. The summed E-state index contributed by atoms with van der Waals surface area (Å²) >= 11 is 24.8. The van der Waals surface area contributed by atoms with Crippen molar-refractivity contribution in [3.8, 4) is 0 Å². The summed E-state index contributed by atoms with van der Waals surface area (Å²) in [5.74, 6) is 0. The van der Waals surface area contributed by atoms with E-state index in [2.05, 4.69) is 0 Å². The summed E-state index contributed by atoms with van der Waals surface area (Å²) in [5.41, 5.74) is 0.711. The fourth-order valence-corrected chi connectivity index (χ4v) is 3.34. The molecule has 0 nitrogen and oxygen atoms in total. The summed E-state index contributed by atoms with van der Waals surface area (Å²) in [6, 6.07) is 5.33. The first-order chi connectivity index (χ1) is 7.53. The van der Waals surface area contributed by atoms with E-state index in [1.807, 2.05) is 18.2 Å². The zero-order chi connectivity index (χ0) is 11.8. The summed E-state index contributed by atoms with van der Waals surface area (Å²) < 4.78 is 0. The lowest BCUT2D eigenvalue weighted by molar-refractivity contribution is 0.755. The second-order valence-electron chi connectivity index (χ2n) is 3.61. The van der Waals surface area contributed by atoms with Gasteiger partial charge in [-0.1, -0.05) is 53.0 Å². The second-order valence-corrected chi connectivity index (χ2v) is 5.58. The largest absolute Gasteiger partial charge is 0.109 e. The monoisotopic (exact) mass is 292 g/mol. The van der Waals surface area contributed by atoms with Gasteiger partial charge in [-0.3, -0.25) is 0 Å². The Morgan fingerprint density at radius 1 is 1.06 bits per heavy atom. The third-order valence-corrected chi connectivity index (χ3v) is 3.78. The van der Waals surface area contributed by atoms with Gasteiger partial charge in [0.25, 0.3) is 0 Å². The molecule has 0 aliphatic heterocycles. The smallest absolute Gasteiger partial charge is 0.0955 e. The minimum atomic E-state index is -0.749. The molecule has 0 spiro atoms. The van der Waals surface area contributed by atoms with Crippen LogP contribution in [0.4, 0.5) is 0 Å². The molecule has 1 aromatic rings. The molecule has 0 bridgehead atoms. The molecule has 0 amide bonds. The first-order valence-corrected chi connectivity index (χ1v) is 6.21. The van der Waals surface area contributed by atoms with Crippen LogP contribution in [-0.2, 0) is 4.87 Å². The SMILES string of the molecule is ClC1=CC=CC(Cl)(c2c(Cl)cccc2Cl)C1. The summed E-state index contributed by atoms with van der Waals surface area (Å²) in [4.78, 5) is -0.749. The van der Waals surface area contributed by atoms with E-state index in [0.717, 1.165) is 0 Å². The fourth-order valence-electron chi connectivity index (χ4n) is 1.74. The maximum absolute atomic E-state index is 6.52. The Morgan fingerprint density at radius 3 is 2.25 bits per heavy atom.